The summed E-state index contributed by atoms with van der Waals surface area (Å²) >= 11 is 6.23. The Hall–Kier alpha value is -3.11. The summed E-state index contributed by atoms with van der Waals surface area (Å²) < 4.78 is 11.0. The maximum atomic E-state index is 6.23. The van der Waals surface area contributed by atoms with Crippen LogP contribution in [0.3, 0.4) is 0 Å². The van der Waals surface area contributed by atoms with Gasteiger partial charge in [0.1, 0.15) is 0 Å². The molecule has 4 nitrogen and oxygen atoms in total. The number of aromatic amines is 1. The molecule has 1 atom stereocenters. The van der Waals surface area contributed by atoms with E-state index in [9.17, 15) is 0 Å². The van der Waals surface area contributed by atoms with Gasteiger partial charge in [0.25, 0.3) is 0 Å². The lowest BCUT2D eigenvalue weighted by molar-refractivity contribution is 0.354. The van der Waals surface area contributed by atoms with E-state index in [1.807, 2.05) is 42.5 Å². The fourth-order valence-corrected chi connectivity index (χ4v) is 3.96. The molecule has 5 heteroatoms. The number of hydrogen-bond donors (Lipinski definition) is 2. The molecule has 1 heterocycles. The Bertz CT molecular complexity index is 1150. The zero-order valence-electron chi connectivity index (χ0n) is 16.6. The highest BCUT2D eigenvalue weighted by molar-refractivity contribution is 6.30. The van der Waals surface area contributed by atoms with Crippen molar-refractivity contribution in [1.29, 1.82) is 0 Å². The molecule has 0 saturated heterocycles. The van der Waals surface area contributed by atoms with Crippen LogP contribution in [0, 0.1) is 6.92 Å². The smallest absolute Gasteiger partial charge is 0.161 e. The number of ether oxygens (including phenoxy) is 2. The van der Waals surface area contributed by atoms with Crippen LogP contribution < -0.4 is 14.8 Å². The Balaban J connectivity index is 1.89. The summed E-state index contributed by atoms with van der Waals surface area (Å²) in [4.78, 5) is 3.50. The van der Waals surface area contributed by atoms with E-state index in [1.54, 1.807) is 14.2 Å². The van der Waals surface area contributed by atoms with Gasteiger partial charge in [0.2, 0.25) is 0 Å². The van der Waals surface area contributed by atoms with E-state index in [1.165, 1.54) is 10.9 Å². The molecule has 0 aliphatic carbocycles. The summed E-state index contributed by atoms with van der Waals surface area (Å²) in [5.41, 5.74) is 5.42. The van der Waals surface area contributed by atoms with Gasteiger partial charge in [-0.2, -0.15) is 0 Å². The number of halogens is 1. The lowest BCUT2D eigenvalue weighted by Gasteiger charge is -2.23. The molecule has 1 unspecified atom stereocenters. The average molecular weight is 407 g/mol. The molecule has 0 aliphatic heterocycles. The SMILES string of the molecule is COc1ccc(C(Nc2cccc(Cl)c2)c2c(C)[nH]c3ccccc23)cc1OC. The number of aromatic nitrogens is 1. The largest absolute Gasteiger partial charge is 0.493 e. The Labute approximate surface area is 175 Å². The summed E-state index contributed by atoms with van der Waals surface area (Å²) in [5, 5.41) is 5.53. The number of aryl methyl sites for hydroxylation is 1. The van der Waals surface area contributed by atoms with E-state index < -0.39 is 0 Å². The summed E-state index contributed by atoms with van der Waals surface area (Å²) in [6.07, 6.45) is 0. The number of hydrogen-bond acceptors (Lipinski definition) is 3. The number of fused-ring (bicyclic) bond motifs is 1. The minimum absolute atomic E-state index is 0.107. The zero-order valence-corrected chi connectivity index (χ0v) is 17.4. The third-order valence-electron chi connectivity index (χ3n) is 5.11. The van der Waals surface area contributed by atoms with Crippen molar-refractivity contribution in [3.8, 4) is 11.5 Å². The van der Waals surface area contributed by atoms with Crippen LogP contribution in [0.2, 0.25) is 5.02 Å². The second-order valence-electron chi connectivity index (χ2n) is 6.91. The van der Waals surface area contributed by atoms with Crippen molar-refractivity contribution in [2.45, 2.75) is 13.0 Å². The van der Waals surface area contributed by atoms with Gasteiger partial charge in [-0.25, -0.2) is 0 Å². The lowest BCUT2D eigenvalue weighted by atomic mass is 9.95. The van der Waals surface area contributed by atoms with Gasteiger partial charge in [0, 0.05) is 32.9 Å². The van der Waals surface area contributed by atoms with Crippen molar-refractivity contribution in [2.24, 2.45) is 0 Å². The maximum Gasteiger partial charge on any atom is 0.161 e. The molecule has 29 heavy (non-hydrogen) atoms. The molecular formula is C24H23ClN2O2. The number of anilines is 1. The first-order valence-electron chi connectivity index (χ1n) is 9.42. The average Bonchev–Trinajstić information content (AvgIpc) is 3.07. The van der Waals surface area contributed by atoms with Gasteiger partial charge >= 0.3 is 0 Å². The molecule has 2 N–H and O–H groups in total. The minimum Gasteiger partial charge on any atom is -0.493 e. The van der Waals surface area contributed by atoms with E-state index in [4.69, 9.17) is 21.1 Å². The number of nitrogens with one attached hydrogen (secondary N) is 2. The molecule has 0 spiro atoms. The van der Waals surface area contributed by atoms with Gasteiger partial charge in [0.05, 0.1) is 20.3 Å². The van der Waals surface area contributed by atoms with Gasteiger partial charge in [-0.05, 0) is 48.9 Å². The molecule has 0 amide bonds. The fraction of sp³-hybridized carbons (Fsp3) is 0.167. The first-order chi connectivity index (χ1) is 14.1. The first-order valence-corrected chi connectivity index (χ1v) is 9.79. The van der Waals surface area contributed by atoms with Crippen LogP contribution in [0.25, 0.3) is 10.9 Å². The Morgan fingerprint density at radius 3 is 2.45 bits per heavy atom. The number of methoxy groups -OCH3 is 2. The Morgan fingerprint density at radius 2 is 1.69 bits per heavy atom. The second-order valence-corrected chi connectivity index (χ2v) is 7.35. The third kappa shape index (κ3) is 3.76. The van der Waals surface area contributed by atoms with Gasteiger partial charge in [-0.3, -0.25) is 0 Å². The molecule has 1 aromatic heterocycles. The van der Waals surface area contributed by atoms with Crippen molar-refractivity contribution in [3.63, 3.8) is 0 Å². The molecule has 148 valence electrons. The molecular weight excluding hydrogens is 384 g/mol. The molecule has 0 fully saturated rings. The fourth-order valence-electron chi connectivity index (χ4n) is 3.77. The highest BCUT2D eigenvalue weighted by Gasteiger charge is 2.22. The van der Waals surface area contributed by atoms with Gasteiger partial charge in [0.15, 0.2) is 11.5 Å². The normalized spacial score (nSPS) is 12.0. The van der Waals surface area contributed by atoms with E-state index in [0.29, 0.717) is 16.5 Å². The molecule has 0 radical (unpaired) electrons. The number of rotatable bonds is 6. The minimum atomic E-state index is -0.107. The predicted octanol–water partition coefficient (Wildman–Crippen LogP) is 6.35. The van der Waals surface area contributed by atoms with Crippen molar-refractivity contribution >= 4 is 28.2 Å². The predicted molar refractivity (Wildman–Crippen MR) is 119 cm³/mol. The lowest BCUT2D eigenvalue weighted by Crippen LogP contribution is -2.13. The first kappa shape index (κ1) is 19.2. The van der Waals surface area contributed by atoms with E-state index >= 15 is 0 Å². The topological polar surface area (TPSA) is 46.3 Å². The summed E-state index contributed by atoms with van der Waals surface area (Å²) in [6.45, 7) is 2.10. The molecule has 3 aromatic carbocycles. The summed E-state index contributed by atoms with van der Waals surface area (Å²) in [7, 11) is 3.29. The number of benzene rings is 3. The highest BCUT2D eigenvalue weighted by Crippen LogP contribution is 2.38. The van der Waals surface area contributed by atoms with Crippen LogP contribution in [0.1, 0.15) is 22.9 Å². The van der Waals surface area contributed by atoms with Crippen LogP contribution in [0.4, 0.5) is 5.69 Å². The standard InChI is InChI=1S/C24H23ClN2O2/c1-15-23(19-9-4-5-10-20(19)26-15)24(27-18-8-6-7-17(25)14-18)16-11-12-21(28-2)22(13-16)29-3/h4-14,24,26-27H,1-3H3. The maximum absolute atomic E-state index is 6.23. The highest BCUT2D eigenvalue weighted by atomic mass is 35.5. The van der Waals surface area contributed by atoms with Crippen LogP contribution in [-0.4, -0.2) is 19.2 Å². The van der Waals surface area contributed by atoms with Crippen LogP contribution in [0.15, 0.2) is 66.7 Å². The van der Waals surface area contributed by atoms with Crippen molar-refractivity contribution in [2.75, 3.05) is 19.5 Å². The number of H-pyrrole nitrogens is 1. The summed E-state index contributed by atoms with van der Waals surface area (Å²) in [6, 6.07) is 22.0. The van der Waals surface area contributed by atoms with E-state index in [-0.39, 0.29) is 6.04 Å². The Kier molecular flexibility index (Phi) is 5.36. The van der Waals surface area contributed by atoms with E-state index in [0.717, 1.165) is 22.5 Å². The van der Waals surface area contributed by atoms with E-state index in [2.05, 4.69) is 41.5 Å². The molecule has 0 saturated carbocycles. The monoisotopic (exact) mass is 406 g/mol. The molecule has 4 aromatic rings. The quantitative estimate of drug-likeness (QED) is 0.392. The third-order valence-corrected chi connectivity index (χ3v) is 5.34. The van der Waals surface area contributed by atoms with Gasteiger partial charge < -0.3 is 19.8 Å². The van der Waals surface area contributed by atoms with Gasteiger partial charge in [-0.15, -0.1) is 0 Å². The van der Waals surface area contributed by atoms with Gasteiger partial charge in [-0.1, -0.05) is 41.9 Å². The van der Waals surface area contributed by atoms with Crippen LogP contribution in [0.5, 0.6) is 11.5 Å². The molecule has 0 aliphatic rings. The molecule has 0 bridgehead atoms. The van der Waals surface area contributed by atoms with Crippen molar-refractivity contribution in [3.05, 3.63) is 88.6 Å². The summed E-state index contributed by atoms with van der Waals surface area (Å²) in [5.74, 6) is 1.40. The second kappa shape index (κ2) is 8.10. The van der Waals surface area contributed by atoms with Crippen molar-refractivity contribution < 1.29 is 9.47 Å². The Morgan fingerprint density at radius 1 is 0.897 bits per heavy atom. The molecule has 4 rings (SSSR count). The van der Waals surface area contributed by atoms with Crippen LogP contribution >= 0.6 is 11.6 Å². The van der Waals surface area contributed by atoms with Crippen LogP contribution in [-0.2, 0) is 0 Å². The number of para-hydroxylation sites is 1. The van der Waals surface area contributed by atoms with Crippen molar-refractivity contribution in [1.82, 2.24) is 4.98 Å². The zero-order chi connectivity index (χ0) is 20.4.